The Bertz CT molecular complexity index is 559. The number of piperidine rings is 2. The second-order valence-corrected chi connectivity index (χ2v) is 6.28. The summed E-state index contributed by atoms with van der Waals surface area (Å²) in [6.45, 7) is 3.16. The van der Waals surface area contributed by atoms with Gasteiger partial charge in [-0.25, -0.2) is 0 Å². The van der Waals surface area contributed by atoms with Gasteiger partial charge in [-0.05, 0) is 44.3 Å². The molecule has 0 aromatic heterocycles. The van der Waals surface area contributed by atoms with Crippen LogP contribution in [-0.2, 0) is 11.3 Å². The Labute approximate surface area is 129 Å². The average Bonchev–Trinajstić information content (AvgIpc) is 2.53. The van der Waals surface area contributed by atoms with Gasteiger partial charge in [0.1, 0.15) is 0 Å². The van der Waals surface area contributed by atoms with Crippen molar-refractivity contribution in [2.45, 2.75) is 32.2 Å². The van der Waals surface area contributed by atoms with Gasteiger partial charge in [0.15, 0.2) is 0 Å². The highest BCUT2D eigenvalue weighted by atomic mass is 16.6. The van der Waals surface area contributed by atoms with Gasteiger partial charge in [0, 0.05) is 25.2 Å². The third-order valence-corrected chi connectivity index (χ3v) is 4.91. The van der Waals surface area contributed by atoms with E-state index in [1.54, 1.807) is 12.1 Å². The van der Waals surface area contributed by atoms with Crippen LogP contribution in [0.3, 0.4) is 0 Å². The first-order valence-corrected chi connectivity index (χ1v) is 7.84. The van der Waals surface area contributed by atoms with Crippen LogP contribution >= 0.6 is 0 Å². The second-order valence-electron chi connectivity index (χ2n) is 6.28. The standard InChI is InChI=1S/C16H21N3O3/c20-15-16(7-9-17-10-8-16)6-1-11-18(15)12-13-2-4-14(5-3-13)19(21)22/h2-5,17H,1,6-12H2. The molecule has 6 nitrogen and oxygen atoms in total. The molecule has 2 saturated heterocycles. The van der Waals surface area contributed by atoms with Gasteiger partial charge in [-0.1, -0.05) is 12.1 Å². The molecule has 2 aliphatic rings. The Morgan fingerprint density at radius 2 is 1.86 bits per heavy atom. The number of likely N-dealkylation sites (tertiary alicyclic amines) is 1. The Balaban J connectivity index is 1.71. The van der Waals surface area contributed by atoms with Gasteiger partial charge >= 0.3 is 0 Å². The topological polar surface area (TPSA) is 75.5 Å². The molecule has 0 aliphatic carbocycles. The molecular formula is C16H21N3O3. The first kappa shape index (κ1) is 15.0. The quantitative estimate of drug-likeness (QED) is 0.685. The fourth-order valence-electron chi connectivity index (χ4n) is 3.62. The average molecular weight is 303 g/mol. The van der Waals surface area contributed by atoms with E-state index in [0.717, 1.165) is 50.9 Å². The molecular weight excluding hydrogens is 282 g/mol. The number of rotatable bonds is 3. The van der Waals surface area contributed by atoms with E-state index in [1.807, 2.05) is 4.90 Å². The van der Waals surface area contributed by atoms with Crippen molar-refractivity contribution in [2.24, 2.45) is 5.41 Å². The van der Waals surface area contributed by atoms with Crippen LogP contribution in [0.2, 0.25) is 0 Å². The number of nitrogens with one attached hydrogen (secondary N) is 1. The fourth-order valence-corrected chi connectivity index (χ4v) is 3.62. The first-order valence-electron chi connectivity index (χ1n) is 7.84. The predicted molar refractivity (Wildman–Crippen MR) is 82.3 cm³/mol. The molecule has 0 saturated carbocycles. The summed E-state index contributed by atoms with van der Waals surface area (Å²) in [5, 5.41) is 14.0. The highest BCUT2D eigenvalue weighted by molar-refractivity contribution is 5.83. The van der Waals surface area contributed by atoms with Crippen LogP contribution in [0.4, 0.5) is 5.69 Å². The minimum absolute atomic E-state index is 0.0866. The van der Waals surface area contributed by atoms with Crippen molar-refractivity contribution in [1.82, 2.24) is 10.2 Å². The summed E-state index contributed by atoms with van der Waals surface area (Å²) in [7, 11) is 0. The Morgan fingerprint density at radius 3 is 2.50 bits per heavy atom. The normalized spacial score (nSPS) is 21.1. The van der Waals surface area contributed by atoms with Crippen molar-refractivity contribution in [3.8, 4) is 0 Å². The van der Waals surface area contributed by atoms with E-state index in [4.69, 9.17) is 0 Å². The van der Waals surface area contributed by atoms with Crippen molar-refractivity contribution in [1.29, 1.82) is 0 Å². The molecule has 0 atom stereocenters. The number of amides is 1. The zero-order valence-corrected chi connectivity index (χ0v) is 12.6. The minimum Gasteiger partial charge on any atom is -0.338 e. The highest BCUT2D eigenvalue weighted by Crippen LogP contribution is 2.39. The number of hydrogen-bond acceptors (Lipinski definition) is 4. The maximum atomic E-state index is 12.9. The van der Waals surface area contributed by atoms with E-state index >= 15 is 0 Å². The van der Waals surface area contributed by atoms with Crippen LogP contribution in [0.15, 0.2) is 24.3 Å². The molecule has 1 aromatic rings. The third-order valence-electron chi connectivity index (χ3n) is 4.91. The summed E-state index contributed by atoms with van der Waals surface area (Å²) in [5.74, 6) is 0.263. The number of nitro benzene ring substituents is 1. The second kappa shape index (κ2) is 6.04. The summed E-state index contributed by atoms with van der Waals surface area (Å²) in [5.41, 5.74) is 0.859. The summed E-state index contributed by atoms with van der Waals surface area (Å²) < 4.78 is 0. The number of non-ortho nitro benzene ring substituents is 1. The molecule has 2 aliphatic heterocycles. The number of hydrogen-bond donors (Lipinski definition) is 1. The lowest BCUT2D eigenvalue weighted by Crippen LogP contribution is -2.52. The lowest BCUT2D eigenvalue weighted by Gasteiger charge is -2.44. The maximum Gasteiger partial charge on any atom is 0.269 e. The third kappa shape index (κ3) is 2.83. The van der Waals surface area contributed by atoms with Crippen molar-refractivity contribution < 1.29 is 9.72 Å². The van der Waals surface area contributed by atoms with Crippen LogP contribution in [0.1, 0.15) is 31.2 Å². The van der Waals surface area contributed by atoms with Crippen LogP contribution in [-0.4, -0.2) is 35.4 Å². The summed E-state index contributed by atoms with van der Waals surface area (Å²) >= 11 is 0. The van der Waals surface area contributed by atoms with Gasteiger partial charge in [-0.3, -0.25) is 14.9 Å². The lowest BCUT2D eigenvalue weighted by atomic mass is 9.72. The molecule has 1 spiro atoms. The van der Waals surface area contributed by atoms with Crippen molar-refractivity contribution >= 4 is 11.6 Å². The molecule has 2 fully saturated rings. The smallest absolute Gasteiger partial charge is 0.269 e. The Kier molecular flexibility index (Phi) is 4.11. The van der Waals surface area contributed by atoms with Crippen LogP contribution in [0, 0.1) is 15.5 Å². The lowest BCUT2D eigenvalue weighted by molar-refractivity contribution is -0.384. The summed E-state index contributed by atoms with van der Waals surface area (Å²) in [6, 6.07) is 6.50. The zero-order chi connectivity index (χ0) is 15.6. The van der Waals surface area contributed by atoms with E-state index in [9.17, 15) is 14.9 Å². The summed E-state index contributed by atoms with van der Waals surface area (Å²) in [6.07, 6.45) is 3.87. The van der Waals surface area contributed by atoms with Crippen molar-refractivity contribution in [3.05, 3.63) is 39.9 Å². The molecule has 0 bridgehead atoms. The highest BCUT2D eigenvalue weighted by Gasteiger charge is 2.44. The number of carbonyl (C=O) groups excluding carboxylic acids is 1. The first-order chi connectivity index (χ1) is 10.6. The van der Waals surface area contributed by atoms with Crippen molar-refractivity contribution in [3.63, 3.8) is 0 Å². The van der Waals surface area contributed by atoms with Gasteiger partial charge in [0.05, 0.1) is 10.3 Å². The van der Waals surface area contributed by atoms with Gasteiger partial charge in [-0.2, -0.15) is 0 Å². The largest absolute Gasteiger partial charge is 0.338 e. The van der Waals surface area contributed by atoms with Crippen molar-refractivity contribution in [2.75, 3.05) is 19.6 Å². The monoisotopic (exact) mass is 303 g/mol. The molecule has 118 valence electrons. The van der Waals surface area contributed by atoms with Gasteiger partial charge in [-0.15, -0.1) is 0 Å². The summed E-state index contributed by atoms with van der Waals surface area (Å²) in [4.78, 5) is 25.1. The molecule has 1 aromatic carbocycles. The molecule has 0 radical (unpaired) electrons. The molecule has 3 rings (SSSR count). The van der Waals surface area contributed by atoms with E-state index in [0.29, 0.717) is 6.54 Å². The SMILES string of the molecule is O=C1N(Cc2ccc([N+](=O)[O-])cc2)CCCC12CCNCC2. The zero-order valence-electron chi connectivity index (χ0n) is 12.6. The molecule has 22 heavy (non-hydrogen) atoms. The minimum atomic E-state index is -0.403. The van der Waals surface area contributed by atoms with E-state index in [1.165, 1.54) is 12.1 Å². The van der Waals surface area contributed by atoms with E-state index in [-0.39, 0.29) is 17.0 Å². The molecule has 6 heteroatoms. The van der Waals surface area contributed by atoms with Gasteiger partial charge in [0.2, 0.25) is 5.91 Å². The number of nitro groups is 1. The van der Waals surface area contributed by atoms with Crippen LogP contribution in [0.5, 0.6) is 0 Å². The van der Waals surface area contributed by atoms with E-state index < -0.39 is 4.92 Å². The molecule has 1 amide bonds. The number of carbonyl (C=O) groups is 1. The van der Waals surface area contributed by atoms with E-state index in [2.05, 4.69) is 5.32 Å². The Hall–Kier alpha value is -1.95. The van der Waals surface area contributed by atoms with Gasteiger partial charge < -0.3 is 10.2 Å². The molecule has 0 unspecified atom stereocenters. The van der Waals surface area contributed by atoms with Crippen LogP contribution < -0.4 is 5.32 Å². The number of nitrogens with zero attached hydrogens (tertiary/aromatic N) is 2. The molecule has 1 N–H and O–H groups in total. The predicted octanol–water partition coefficient (Wildman–Crippen LogP) is 2.09. The van der Waals surface area contributed by atoms with Gasteiger partial charge in [0.25, 0.3) is 5.69 Å². The fraction of sp³-hybridized carbons (Fsp3) is 0.562. The molecule has 2 heterocycles. The van der Waals surface area contributed by atoms with Crippen LogP contribution in [0.25, 0.3) is 0 Å². The Morgan fingerprint density at radius 1 is 1.18 bits per heavy atom. The number of benzene rings is 1. The maximum absolute atomic E-state index is 12.9.